The average molecular weight is 334 g/mol. The predicted octanol–water partition coefficient (Wildman–Crippen LogP) is 1.97. The highest BCUT2D eigenvalue weighted by Crippen LogP contribution is 2.22. The van der Waals surface area contributed by atoms with Crippen molar-refractivity contribution in [2.45, 2.75) is 37.8 Å². The minimum absolute atomic E-state index is 0.0117. The summed E-state index contributed by atoms with van der Waals surface area (Å²) in [6.45, 7) is 4.12. The van der Waals surface area contributed by atoms with Crippen LogP contribution in [0, 0.1) is 0 Å². The quantitative estimate of drug-likeness (QED) is 0.786. The molecule has 21 heavy (non-hydrogen) atoms. The Morgan fingerprint density at radius 3 is 2.48 bits per heavy atom. The van der Waals surface area contributed by atoms with Crippen molar-refractivity contribution in [2.24, 2.45) is 0 Å². The number of carboxylic acids is 1. The summed E-state index contributed by atoms with van der Waals surface area (Å²) in [7, 11) is -2.14. The molecule has 1 aromatic rings. The first kappa shape index (κ1) is 18.1. The fourth-order valence-electron chi connectivity index (χ4n) is 2.10. The van der Waals surface area contributed by atoms with Gasteiger partial charge in [0.2, 0.25) is 10.0 Å². The topological polar surface area (TPSA) is 79.6 Å². The van der Waals surface area contributed by atoms with Crippen molar-refractivity contribution in [3.8, 4) is 0 Å². The number of hydrogen-bond donors (Lipinski definition) is 1. The molecule has 8 heteroatoms. The number of hydrogen-bond acceptors (Lipinski definition) is 4. The van der Waals surface area contributed by atoms with E-state index < -0.39 is 16.0 Å². The Kier molecular flexibility index (Phi) is 6.30. The van der Waals surface area contributed by atoms with Crippen LogP contribution in [-0.4, -0.2) is 53.5 Å². The van der Waals surface area contributed by atoms with Crippen LogP contribution in [0.3, 0.4) is 0 Å². The van der Waals surface area contributed by atoms with Crippen molar-refractivity contribution in [2.75, 3.05) is 19.1 Å². The Labute approximate surface area is 130 Å². The van der Waals surface area contributed by atoms with Gasteiger partial charge in [-0.3, -0.25) is 0 Å². The molecule has 0 aliphatic heterocycles. The van der Waals surface area contributed by atoms with Crippen LogP contribution in [0.5, 0.6) is 0 Å². The van der Waals surface area contributed by atoms with Crippen molar-refractivity contribution in [1.29, 1.82) is 0 Å². The van der Waals surface area contributed by atoms with Crippen molar-refractivity contribution >= 4 is 27.8 Å². The monoisotopic (exact) mass is 334 g/mol. The summed E-state index contributed by atoms with van der Waals surface area (Å²) in [4.78, 5) is 11.2. The first-order chi connectivity index (χ1) is 9.79. The molecule has 1 aromatic heterocycles. The highest BCUT2D eigenvalue weighted by atomic mass is 32.2. The van der Waals surface area contributed by atoms with Gasteiger partial charge in [0, 0.05) is 31.6 Å². The standard InChI is InChI=1S/C13H22N2O4S2/c1-5-10(9-20-4)14(3)21(18,19)11-7-12(13(16)17)15(6-2)8-11/h7-8,10H,5-6,9H2,1-4H3,(H,16,17). The van der Waals surface area contributed by atoms with E-state index in [1.54, 1.807) is 25.7 Å². The molecule has 1 N–H and O–H groups in total. The van der Waals surface area contributed by atoms with Crippen LogP contribution >= 0.6 is 11.8 Å². The van der Waals surface area contributed by atoms with Crippen LogP contribution in [0.25, 0.3) is 0 Å². The third-order valence-electron chi connectivity index (χ3n) is 3.45. The number of sulfonamides is 1. The second-order valence-corrected chi connectivity index (χ2v) is 7.60. The van der Waals surface area contributed by atoms with Crippen LogP contribution in [0.4, 0.5) is 0 Å². The lowest BCUT2D eigenvalue weighted by Gasteiger charge is -2.25. The van der Waals surface area contributed by atoms with Crippen LogP contribution in [0.1, 0.15) is 30.8 Å². The summed E-state index contributed by atoms with van der Waals surface area (Å²) in [5, 5.41) is 9.12. The average Bonchev–Trinajstić information content (AvgIpc) is 2.89. The lowest BCUT2D eigenvalue weighted by molar-refractivity contribution is 0.0685. The zero-order chi connectivity index (χ0) is 16.2. The summed E-state index contributed by atoms with van der Waals surface area (Å²) < 4.78 is 28.0. The zero-order valence-electron chi connectivity index (χ0n) is 12.7. The molecule has 1 heterocycles. The third-order valence-corrected chi connectivity index (χ3v) is 6.05. The lowest BCUT2D eigenvalue weighted by atomic mass is 10.3. The van der Waals surface area contributed by atoms with Gasteiger partial charge in [-0.2, -0.15) is 16.1 Å². The van der Waals surface area contributed by atoms with E-state index in [2.05, 4.69) is 0 Å². The van der Waals surface area contributed by atoms with Gasteiger partial charge < -0.3 is 9.67 Å². The van der Waals surface area contributed by atoms with E-state index in [0.29, 0.717) is 18.7 Å². The fourth-order valence-corrected chi connectivity index (χ4v) is 4.51. The van der Waals surface area contributed by atoms with Crippen molar-refractivity contribution in [3.05, 3.63) is 18.0 Å². The minimum Gasteiger partial charge on any atom is -0.477 e. The minimum atomic E-state index is -3.68. The molecule has 0 fully saturated rings. The number of carbonyl (C=O) groups is 1. The number of thioether (sulfide) groups is 1. The SMILES string of the molecule is CCC(CSC)N(C)S(=O)(=O)c1cc(C(=O)O)n(CC)c1. The van der Waals surface area contributed by atoms with Crippen molar-refractivity contribution < 1.29 is 18.3 Å². The normalized spacial score (nSPS) is 13.6. The Morgan fingerprint density at radius 1 is 1.48 bits per heavy atom. The van der Waals surface area contributed by atoms with Gasteiger partial charge in [0.15, 0.2) is 0 Å². The fraction of sp³-hybridized carbons (Fsp3) is 0.615. The number of aryl methyl sites for hydroxylation is 1. The molecule has 0 spiro atoms. The van der Waals surface area contributed by atoms with Gasteiger partial charge >= 0.3 is 5.97 Å². The van der Waals surface area contributed by atoms with Gasteiger partial charge in [-0.05, 0) is 25.7 Å². The lowest BCUT2D eigenvalue weighted by Crippen LogP contribution is -2.38. The predicted molar refractivity (Wildman–Crippen MR) is 84.5 cm³/mol. The summed E-state index contributed by atoms with van der Waals surface area (Å²) in [6.07, 6.45) is 4.02. The van der Waals surface area contributed by atoms with Gasteiger partial charge in [0.25, 0.3) is 0 Å². The van der Waals surface area contributed by atoms with Gasteiger partial charge in [0.1, 0.15) is 10.6 Å². The molecule has 120 valence electrons. The summed E-state index contributed by atoms with van der Waals surface area (Å²) >= 11 is 1.59. The number of aromatic carboxylic acids is 1. The molecule has 0 saturated carbocycles. The maximum absolute atomic E-state index is 12.6. The first-order valence-electron chi connectivity index (χ1n) is 6.69. The van der Waals surface area contributed by atoms with Crippen molar-refractivity contribution in [3.63, 3.8) is 0 Å². The molecule has 0 aliphatic carbocycles. The molecule has 0 radical (unpaired) electrons. The van der Waals surface area contributed by atoms with Gasteiger partial charge in [-0.1, -0.05) is 6.92 Å². The largest absolute Gasteiger partial charge is 0.477 e. The van der Waals surface area contributed by atoms with Crippen LogP contribution in [0.2, 0.25) is 0 Å². The van der Waals surface area contributed by atoms with E-state index in [-0.39, 0.29) is 16.6 Å². The third kappa shape index (κ3) is 3.81. The Morgan fingerprint density at radius 2 is 2.10 bits per heavy atom. The summed E-state index contributed by atoms with van der Waals surface area (Å²) in [5.41, 5.74) is -0.0117. The van der Waals surface area contributed by atoms with Crippen LogP contribution in [0.15, 0.2) is 17.2 Å². The van der Waals surface area contributed by atoms with E-state index in [0.717, 1.165) is 0 Å². The van der Waals surface area contributed by atoms with Crippen LogP contribution in [-0.2, 0) is 16.6 Å². The molecule has 1 rings (SSSR count). The van der Waals surface area contributed by atoms with E-state index in [9.17, 15) is 13.2 Å². The Bertz CT molecular complexity index is 595. The van der Waals surface area contributed by atoms with E-state index in [4.69, 9.17) is 5.11 Å². The Balaban J connectivity index is 3.21. The zero-order valence-corrected chi connectivity index (χ0v) is 14.4. The van der Waals surface area contributed by atoms with Gasteiger partial charge in [-0.25, -0.2) is 13.2 Å². The molecule has 1 unspecified atom stereocenters. The molecular weight excluding hydrogens is 312 g/mol. The van der Waals surface area contributed by atoms with Crippen LogP contribution < -0.4 is 0 Å². The molecule has 0 bridgehead atoms. The second kappa shape index (κ2) is 7.33. The molecule has 0 aliphatic rings. The Hall–Kier alpha value is -0.990. The number of aromatic nitrogens is 1. The molecule has 6 nitrogen and oxygen atoms in total. The van der Waals surface area contributed by atoms with E-state index in [1.807, 2.05) is 13.2 Å². The van der Waals surface area contributed by atoms with E-state index >= 15 is 0 Å². The number of rotatable bonds is 8. The highest BCUT2D eigenvalue weighted by molar-refractivity contribution is 7.98. The second-order valence-electron chi connectivity index (χ2n) is 4.69. The smallest absolute Gasteiger partial charge is 0.352 e. The maximum Gasteiger partial charge on any atom is 0.352 e. The number of nitrogens with zero attached hydrogens (tertiary/aromatic N) is 2. The summed E-state index contributed by atoms with van der Waals surface area (Å²) in [6, 6.07) is 1.12. The molecular formula is C13H22N2O4S2. The highest BCUT2D eigenvalue weighted by Gasteiger charge is 2.29. The summed E-state index contributed by atoms with van der Waals surface area (Å²) in [5.74, 6) is -0.427. The number of carboxylic acid groups (broad SMARTS) is 1. The molecule has 0 aromatic carbocycles. The van der Waals surface area contributed by atoms with Gasteiger partial charge in [-0.15, -0.1) is 0 Å². The van der Waals surface area contributed by atoms with Gasteiger partial charge in [0.05, 0.1) is 0 Å². The van der Waals surface area contributed by atoms with E-state index in [1.165, 1.54) is 21.1 Å². The molecule has 0 saturated heterocycles. The molecule has 1 atom stereocenters. The maximum atomic E-state index is 12.6. The molecule has 0 amide bonds. The first-order valence-corrected chi connectivity index (χ1v) is 9.53. The van der Waals surface area contributed by atoms with Crippen molar-refractivity contribution in [1.82, 2.24) is 8.87 Å².